The highest BCUT2D eigenvalue weighted by molar-refractivity contribution is 6.00. The molecular weight excluding hydrogens is 396 g/mol. The molecule has 0 aromatic heterocycles. The Bertz CT molecular complexity index is 1060. The molecule has 31 heavy (non-hydrogen) atoms. The van der Waals surface area contributed by atoms with Crippen LogP contribution >= 0.6 is 0 Å². The zero-order chi connectivity index (χ0) is 22.8. The van der Waals surface area contributed by atoms with Gasteiger partial charge < -0.3 is 25.5 Å². The molecule has 1 saturated carbocycles. The Morgan fingerprint density at radius 1 is 1.32 bits per heavy atom. The van der Waals surface area contributed by atoms with Gasteiger partial charge in [-0.15, -0.1) is 0 Å². The van der Waals surface area contributed by atoms with E-state index in [1.54, 1.807) is 18.2 Å². The number of primary amides is 1. The van der Waals surface area contributed by atoms with Crippen molar-refractivity contribution >= 4 is 11.6 Å². The summed E-state index contributed by atoms with van der Waals surface area (Å²) in [5.41, 5.74) is 4.57. The number of benzene rings is 1. The maximum absolute atomic E-state index is 11.1. The van der Waals surface area contributed by atoms with Gasteiger partial charge in [-0.1, -0.05) is 6.07 Å². The van der Waals surface area contributed by atoms with Crippen LogP contribution in [0.15, 0.2) is 29.8 Å². The van der Waals surface area contributed by atoms with Gasteiger partial charge in [0.25, 0.3) is 5.91 Å². The van der Waals surface area contributed by atoms with Crippen molar-refractivity contribution in [2.45, 2.75) is 5.92 Å². The highest BCUT2D eigenvalue weighted by atomic mass is 16.5. The average Bonchev–Trinajstić information content (AvgIpc) is 2.77. The summed E-state index contributed by atoms with van der Waals surface area (Å²) >= 11 is 0. The number of quaternary nitrogens is 1. The van der Waals surface area contributed by atoms with Gasteiger partial charge in [0, 0.05) is 11.8 Å². The van der Waals surface area contributed by atoms with Gasteiger partial charge in [-0.3, -0.25) is 4.79 Å². The second-order valence-corrected chi connectivity index (χ2v) is 7.83. The summed E-state index contributed by atoms with van der Waals surface area (Å²) in [7, 11) is 3.45. The van der Waals surface area contributed by atoms with Crippen molar-refractivity contribution in [1.29, 1.82) is 21.2 Å². The van der Waals surface area contributed by atoms with E-state index in [0.717, 1.165) is 5.57 Å². The maximum Gasteiger partial charge on any atom is 0.255 e. The lowest BCUT2D eigenvalue weighted by Gasteiger charge is -2.46. The number of rotatable bonds is 5. The summed E-state index contributed by atoms with van der Waals surface area (Å²) in [6, 6.07) is 11.2. The normalized spacial score (nSPS) is 26.3. The Kier molecular flexibility index (Phi) is 5.97. The minimum absolute atomic E-state index is 0.194. The minimum Gasteiger partial charge on any atom is -0.493 e. The van der Waals surface area contributed by atoms with Crippen LogP contribution in [0.1, 0.15) is 11.5 Å². The largest absolute Gasteiger partial charge is 0.493 e. The molecule has 0 bridgehead atoms. The smallest absolute Gasteiger partial charge is 0.255 e. The number of carbonyl (C=O) groups is 1. The van der Waals surface area contributed by atoms with E-state index in [9.17, 15) is 20.6 Å². The number of hydrogen-bond donors (Lipinski definition) is 3. The van der Waals surface area contributed by atoms with Gasteiger partial charge in [-0.25, -0.2) is 0 Å². The van der Waals surface area contributed by atoms with E-state index in [0.29, 0.717) is 30.2 Å². The molecule has 0 saturated heterocycles. The molecule has 0 radical (unpaired) electrons. The quantitative estimate of drug-likeness (QED) is 0.566. The molecule has 4 atom stereocenters. The van der Waals surface area contributed by atoms with Crippen LogP contribution in [0, 0.1) is 56.7 Å². The predicted octanol–water partition coefficient (Wildman–Crippen LogP) is -0.0795. The molecule has 1 heterocycles. The van der Waals surface area contributed by atoms with Crippen molar-refractivity contribution in [3.8, 4) is 29.7 Å². The summed E-state index contributed by atoms with van der Waals surface area (Å²) < 4.78 is 10.8. The zero-order valence-electron chi connectivity index (χ0n) is 17.3. The summed E-state index contributed by atoms with van der Waals surface area (Å²) in [6.07, 6.45) is 1.96. The first-order chi connectivity index (χ1) is 14.8. The zero-order valence-corrected chi connectivity index (χ0v) is 17.3. The van der Waals surface area contributed by atoms with E-state index in [4.69, 9.17) is 20.6 Å². The van der Waals surface area contributed by atoms with Crippen molar-refractivity contribution in [3.05, 3.63) is 35.4 Å². The van der Waals surface area contributed by atoms with Crippen LogP contribution in [0.2, 0.25) is 0 Å². The molecule has 1 aliphatic carbocycles. The Morgan fingerprint density at radius 3 is 2.61 bits per heavy atom. The lowest BCUT2D eigenvalue weighted by Crippen LogP contribution is -3.10. The van der Waals surface area contributed by atoms with E-state index < -0.39 is 23.2 Å². The van der Waals surface area contributed by atoms with Gasteiger partial charge in [-0.05, 0) is 29.3 Å². The summed E-state index contributed by atoms with van der Waals surface area (Å²) in [4.78, 5) is 12.2. The molecular formula is C22H23N6O3+. The summed E-state index contributed by atoms with van der Waals surface area (Å²) in [5.74, 6) is -1.85. The number of carbonyl (C=O) groups excluding carboxylic acids is 1. The van der Waals surface area contributed by atoms with Crippen LogP contribution in [0.25, 0.3) is 0 Å². The van der Waals surface area contributed by atoms with Gasteiger partial charge in [0.05, 0.1) is 51.2 Å². The minimum atomic E-state index is -1.79. The van der Waals surface area contributed by atoms with Gasteiger partial charge >= 0.3 is 0 Å². The molecule has 2 aliphatic rings. The average molecular weight is 419 g/mol. The number of fused-ring (bicyclic) bond motifs is 1. The summed E-state index contributed by atoms with van der Waals surface area (Å²) in [6.45, 7) is 1.01. The van der Waals surface area contributed by atoms with Crippen LogP contribution in [0.5, 0.6) is 11.5 Å². The maximum atomic E-state index is 11.1. The first-order valence-electron chi connectivity index (χ1n) is 9.74. The fraction of sp³-hybridized carbons (Fsp3) is 0.409. The van der Waals surface area contributed by atoms with E-state index in [-0.39, 0.29) is 18.2 Å². The van der Waals surface area contributed by atoms with Crippen molar-refractivity contribution in [3.63, 3.8) is 0 Å². The molecule has 9 heteroatoms. The molecule has 1 aromatic rings. The molecule has 1 amide bonds. The van der Waals surface area contributed by atoms with Crippen LogP contribution in [0.3, 0.4) is 0 Å². The van der Waals surface area contributed by atoms with E-state index in [2.05, 4.69) is 18.2 Å². The topological polar surface area (TPSA) is 161 Å². The summed E-state index contributed by atoms with van der Waals surface area (Å²) in [5, 5.41) is 38.5. The van der Waals surface area contributed by atoms with Gasteiger partial charge in [0.1, 0.15) is 5.92 Å². The molecule has 9 nitrogen and oxygen atoms in total. The van der Waals surface area contributed by atoms with Crippen LogP contribution in [-0.2, 0) is 4.79 Å². The van der Waals surface area contributed by atoms with Crippen molar-refractivity contribution in [1.82, 2.24) is 0 Å². The number of nitrogens with zero attached hydrogens (tertiary/aromatic N) is 3. The third kappa shape index (κ3) is 3.59. The molecule has 158 valence electrons. The van der Waals surface area contributed by atoms with Crippen molar-refractivity contribution in [2.24, 2.45) is 23.0 Å². The lowest BCUT2D eigenvalue weighted by atomic mass is 9.54. The van der Waals surface area contributed by atoms with Crippen LogP contribution in [-0.4, -0.2) is 45.5 Å². The molecule has 1 aromatic carbocycles. The third-order valence-electron chi connectivity index (χ3n) is 6.00. The first-order valence-corrected chi connectivity index (χ1v) is 9.74. The number of nitriles is 3. The molecule has 2 unspecified atom stereocenters. The Labute approximate surface area is 180 Å². The van der Waals surface area contributed by atoms with Crippen molar-refractivity contribution in [2.75, 3.05) is 33.9 Å². The number of likely N-dealkylation sites (N-methyl/N-ethyl adjacent to an activating group) is 1. The number of ether oxygens (including phenoxy) is 2. The van der Waals surface area contributed by atoms with E-state index >= 15 is 0 Å². The Morgan fingerprint density at radius 2 is 2.03 bits per heavy atom. The number of nitrogens with two attached hydrogens (primary N) is 1. The molecule has 1 fully saturated rings. The molecule has 0 spiro atoms. The second-order valence-electron chi connectivity index (χ2n) is 7.83. The fourth-order valence-corrected chi connectivity index (χ4v) is 4.58. The number of hydrogen-bond acceptors (Lipinski definition) is 7. The number of methoxy groups -OCH3 is 1. The van der Waals surface area contributed by atoms with Gasteiger partial charge in [0.15, 0.2) is 23.5 Å². The Balaban J connectivity index is 2.18. The lowest BCUT2D eigenvalue weighted by molar-refractivity contribution is -0.878. The first kappa shape index (κ1) is 21.8. The van der Waals surface area contributed by atoms with Crippen molar-refractivity contribution < 1.29 is 19.2 Å². The SMILES string of the molecule is COc1cc([C@H]2[C@H]3C[NH+](C)CC=C3C(C#N)C(=N)C2(C#N)C#N)ccc1OCC(N)=O. The second kappa shape index (κ2) is 8.47. The third-order valence-corrected chi connectivity index (χ3v) is 6.00. The van der Waals surface area contributed by atoms with Gasteiger partial charge in [-0.2, -0.15) is 15.8 Å². The van der Waals surface area contributed by atoms with Gasteiger partial charge in [0.2, 0.25) is 0 Å². The van der Waals surface area contributed by atoms with Crippen LogP contribution in [0.4, 0.5) is 0 Å². The Hall–Kier alpha value is -3.87. The predicted molar refractivity (Wildman–Crippen MR) is 109 cm³/mol. The standard InChI is InChI=1S/C22H22N6O3/c1-28-6-5-14-15(8-23)21(27)22(11-24,12-25)20(16(14)9-28)13-3-4-17(18(7-13)30-2)31-10-19(26)29/h3-5,7,15-16,20,27H,6,9-10H2,1-2H3,(H2,26,29)/p+1/t15?,16-,20-/m0/s1. The monoisotopic (exact) mass is 419 g/mol. The highest BCUT2D eigenvalue weighted by Crippen LogP contribution is 2.53. The van der Waals surface area contributed by atoms with Crippen LogP contribution < -0.4 is 20.1 Å². The number of amides is 1. The molecule has 1 aliphatic heterocycles. The highest BCUT2D eigenvalue weighted by Gasteiger charge is 2.58. The number of nitrogens with one attached hydrogen (secondary N) is 2. The fourth-order valence-electron chi connectivity index (χ4n) is 4.58. The molecule has 4 N–H and O–H groups in total. The van der Waals surface area contributed by atoms with E-state index in [1.165, 1.54) is 12.0 Å². The van der Waals surface area contributed by atoms with E-state index in [1.807, 2.05) is 13.1 Å². The molecule has 3 rings (SSSR count).